The molecule has 0 atom stereocenters. The lowest BCUT2D eigenvalue weighted by molar-refractivity contribution is 0.741. The molecule has 0 amide bonds. The van der Waals surface area contributed by atoms with Gasteiger partial charge in [0.25, 0.3) is 0 Å². The summed E-state index contributed by atoms with van der Waals surface area (Å²) in [6.45, 7) is 2.01. The van der Waals surface area contributed by atoms with E-state index in [1.165, 1.54) is 0 Å². The predicted octanol–water partition coefficient (Wildman–Crippen LogP) is 1.19. The van der Waals surface area contributed by atoms with Gasteiger partial charge in [0.1, 0.15) is 11.4 Å². The summed E-state index contributed by atoms with van der Waals surface area (Å²) in [5.41, 5.74) is 2.79. The van der Waals surface area contributed by atoms with Crippen LogP contribution in [-0.4, -0.2) is 20.0 Å². The molecule has 0 aliphatic heterocycles. The lowest BCUT2D eigenvalue weighted by atomic mass is 10.3. The van der Waals surface area contributed by atoms with Gasteiger partial charge < -0.3 is 0 Å². The van der Waals surface area contributed by atoms with Crippen molar-refractivity contribution in [2.24, 2.45) is 7.05 Å². The molecule has 0 spiro atoms. The molecular formula is C9H10N4. The van der Waals surface area contributed by atoms with E-state index in [9.17, 15) is 0 Å². The van der Waals surface area contributed by atoms with E-state index in [2.05, 4.69) is 15.3 Å². The molecule has 4 nitrogen and oxygen atoms in total. The molecule has 2 aromatic heterocycles. The van der Waals surface area contributed by atoms with E-state index in [4.69, 9.17) is 0 Å². The fourth-order valence-electron chi connectivity index (χ4n) is 1.12. The van der Waals surface area contributed by atoms with Gasteiger partial charge in [-0.15, -0.1) is 5.10 Å². The number of nitrogens with zero attached hydrogens (tertiary/aromatic N) is 4. The van der Waals surface area contributed by atoms with Crippen molar-refractivity contribution in [1.82, 2.24) is 20.0 Å². The molecule has 2 aromatic rings. The van der Waals surface area contributed by atoms with Gasteiger partial charge in [-0.05, 0) is 25.1 Å². The van der Waals surface area contributed by atoms with Crippen LogP contribution in [0.15, 0.2) is 24.4 Å². The summed E-state index contributed by atoms with van der Waals surface area (Å²) in [5, 5.41) is 12.1. The lowest BCUT2D eigenvalue weighted by Gasteiger charge is -1.91. The summed E-state index contributed by atoms with van der Waals surface area (Å²) in [7, 11) is 1.91. The van der Waals surface area contributed by atoms with Gasteiger partial charge >= 0.3 is 0 Å². The first-order valence-corrected chi connectivity index (χ1v) is 4.06. The van der Waals surface area contributed by atoms with Gasteiger partial charge in [-0.25, -0.2) is 0 Å². The Labute approximate surface area is 76.2 Å². The summed E-state index contributed by atoms with van der Waals surface area (Å²) in [5.74, 6) is 0. The molecule has 0 aliphatic rings. The third kappa shape index (κ3) is 1.42. The molecule has 0 N–H and O–H groups in total. The van der Waals surface area contributed by atoms with Crippen molar-refractivity contribution < 1.29 is 0 Å². The molecular weight excluding hydrogens is 164 g/mol. The van der Waals surface area contributed by atoms with Crippen LogP contribution >= 0.6 is 0 Å². The number of hydrogen-bond acceptors (Lipinski definition) is 3. The SMILES string of the molecule is Cc1cc(-c2cccnn2)nn1C. The number of aryl methyl sites for hydroxylation is 2. The van der Waals surface area contributed by atoms with Gasteiger partial charge in [-0.2, -0.15) is 10.2 Å². The van der Waals surface area contributed by atoms with Gasteiger partial charge in [0.15, 0.2) is 0 Å². The van der Waals surface area contributed by atoms with Gasteiger partial charge in [-0.3, -0.25) is 4.68 Å². The Bertz CT molecular complexity index is 385. The number of hydrogen-bond donors (Lipinski definition) is 0. The summed E-state index contributed by atoms with van der Waals surface area (Å²) < 4.78 is 1.82. The zero-order chi connectivity index (χ0) is 9.26. The minimum atomic E-state index is 0.811. The second-order valence-corrected chi connectivity index (χ2v) is 2.90. The Morgan fingerprint density at radius 2 is 2.15 bits per heavy atom. The van der Waals surface area contributed by atoms with Crippen LogP contribution in [0.3, 0.4) is 0 Å². The summed E-state index contributed by atoms with van der Waals surface area (Å²) in [4.78, 5) is 0. The normalized spacial score (nSPS) is 10.3. The average Bonchev–Trinajstić information content (AvgIpc) is 2.49. The van der Waals surface area contributed by atoms with Crippen molar-refractivity contribution in [3.05, 3.63) is 30.1 Å². The summed E-state index contributed by atoms with van der Waals surface area (Å²) in [6, 6.07) is 5.74. The van der Waals surface area contributed by atoms with Gasteiger partial charge in [0, 0.05) is 18.9 Å². The molecule has 0 radical (unpaired) electrons. The van der Waals surface area contributed by atoms with Crippen LogP contribution in [0.5, 0.6) is 0 Å². The maximum Gasteiger partial charge on any atom is 0.113 e. The molecule has 0 unspecified atom stereocenters. The van der Waals surface area contributed by atoms with Crippen LogP contribution in [0.4, 0.5) is 0 Å². The highest BCUT2D eigenvalue weighted by Crippen LogP contribution is 2.13. The quantitative estimate of drug-likeness (QED) is 0.652. The molecule has 4 heteroatoms. The third-order valence-electron chi connectivity index (χ3n) is 1.95. The highest BCUT2D eigenvalue weighted by molar-refractivity contribution is 5.53. The lowest BCUT2D eigenvalue weighted by Crippen LogP contribution is -1.93. The molecule has 0 saturated heterocycles. The van der Waals surface area contributed by atoms with Gasteiger partial charge in [0.2, 0.25) is 0 Å². The number of aromatic nitrogens is 4. The van der Waals surface area contributed by atoms with Crippen LogP contribution < -0.4 is 0 Å². The van der Waals surface area contributed by atoms with Crippen LogP contribution in [0.2, 0.25) is 0 Å². The standard InChI is InChI=1S/C9H10N4/c1-7-6-9(12-13(7)2)8-4-3-5-10-11-8/h3-6H,1-2H3. The summed E-state index contributed by atoms with van der Waals surface area (Å²) in [6.07, 6.45) is 1.65. The van der Waals surface area contributed by atoms with E-state index in [-0.39, 0.29) is 0 Å². The first-order chi connectivity index (χ1) is 6.27. The van der Waals surface area contributed by atoms with E-state index in [0.717, 1.165) is 17.1 Å². The summed E-state index contributed by atoms with van der Waals surface area (Å²) >= 11 is 0. The molecule has 0 aromatic carbocycles. The van der Waals surface area contributed by atoms with Crippen LogP contribution in [0, 0.1) is 6.92 Å². The number of rotatable bonds is 1. The minimum Gasteiger partial charge on any atom is -0.272 e. The van der Waals surface area contributed by atoms with E-state index >= 15 is 0 Å². The van der Waals surface area contributed by atoms with Gasteiger partial charge in [-0.1, -0.05) is 0 Å². The average molecular weight is 174 g/mol. The van der Waals surface area contributed by atoms with Crippen molar-refractivity contribution in [2.75, 3.05) is 0 Å². The van der Waals surface area contributed by atoms with Crippen molar-refractivity contribution >= 4 is 0 Å². The van der Waals surface area contributed by atoms with Gasteiger partial charge in [0.05, 0.1) is 0 Å². The Hall–Kier alpha value is -1.71. The zero-order valence-corrected chi connectivity index (χ0v) is 7.60. The smallest absolute Gasteiger partial charge is 0.113 e. The fourth-order valence-corrected chi connectivity index (χ4v) is 1.12. The first-order valence-electron chi connectivity index (χ1n) is 4.06. The minimum absolute atomic E-state index is 0.811. The molecule has 0 bridgehead atoms. The third-order valence-corrected chi connectivity index (χ3v) is 1.95. The first kappa shape index (κ1) is 7.91. The Balaban J connectivity index is 2.48. The molecule has 0 aliphatic carbocycles. The maximum atomic E-state index is 4.29. The Morgan fingerprint density at radius 1 is 1.31 bits per heavy atom. The van der Waals surface area contributed by atoms with Crippen LogP contribution in [0.25, 0.3) is 11.4 Å². The van der Waals surface area contributed by atoms with E-state index < -0.39 is 0 Å². The Kier molecular flexibility index (Phi) is 1.81. The van der Waals surface area contributed by atoms with Crippen molar-refractivity contribution in [2.45, 2.75) is 6.92 Å². The fraction of sp³-hybridized carbons (Fsp3) is 0.222. The largest absolute Gasteiger partial charge is 0.272 e. The topological polar surface area (TPSA) is 43.6 Å². The second kappa shape index (κ2) is 2.97. The highest BCUT2D eigenvalue weighted by Gasteiger charge is 2.04. The van der Waals surface area contributed by atoms with E-state index in [1.54, 1.807) is 6.20 Å². The molecule has 2 heterocycles. The molecule has 0 saturated carbocycles. The Morgan fingerprint density at radius 3 is 2.69 bits per heavy atom. The zero-order valence-electron chi connectivity index (χ0n) is 7.60. The second-order valence-electron chi connectivity index (χ2n) is 2.90. The van der Waals surface area contributed by atoms with Crippen LogP contribution in [-0.2, 0) is 7.05 Å². The van der Waals surface area contributed by atoms with Crippen molar-refractivity contribution in [1.29, 1.82) is 0 Å². The molecule has 0 fully saturated rings. The predicted molar refractivity (Wildman–Crippen MR) is 49.0 cm³/mol. The van der Waals surface area contributed by atoms with E-state index in [0.29, 0.717) is 0 Å². The van der Waals surface area contributed by atoms with Crippen LogP contribution in [0.1, 0.15) is 5.69 Å². The molecule has 2 rings (SSSR count). The monoisotopic (exact) mass is 174 g/mol. The van der Waals surface area contributed by atoms with Crippen molar-refractivity contribution in [3.63, 3.8) is 0 Å². The maximum absolute atomic E-state index is 4.29. The highest BCUT2D eigenvalue weighted by atomic mass is 15.3. The van der Waals surface area contributed by atoms with Crippen molar-refractivity contribution in [3.8, 4) is 11.4 Å². The molecule has 13 heavy (non-hydrogen) atoms. The van der Waals surface area contributed by atoms with E-state index in [1.807, 2.05) is 36.9 Å². The molecule has 66 valence electrons.